The summed E-state index contributed by atoms with van der Waals surface area (Å²) in [5.41, 5.74) is 4.55. The number of rotatable bonds is 8. The van der Waals surface area contributed by atoms with Crippen LogP contribution in [0.4, 0.5) is 4.79 Å². The monoisotopic (exact) mass is 464 g/mol. The molecule has 34 heavy (non-hydrogen) atoms. The molecule has 2 aromatic carbocycles. The highest BCUT2D eigenvalue weighted by Crippen LogP contribution is 2.44. The normalized spacial score (nSPS) is 17.9. The van der Waals surface area contributed by atoms with Crippen LogP contribution < -0.4 is 5.32 Å². The molecule has 1 aliphatic carbocycles. The number of benzene rings is 2. The minimum absolute atomic E-state index is 0.0593. The van der Waals surface area contributed by atoms with Crippen LogP contribution in [0.15, 0.2) is 48.5 Å². The number of fused-ring (bicyclic) bond motifs is 3. The van der Waals surface area contributed by atoms with Crippen LogP contribution in [0.2, 0.25) is 0 Å². The summed E-state index contributed by atoms with van der Waals surface area (Å²) in [5, 5.41) is 12.0. The average molecular weight is 465 g/mol. The van der Waals surface area contributed by atoms with Crippen LogP contribution in [0, 0.1) is 5.92 Å². The quantitative estimate of drug-likeness (QED) is 0.604. The van der Waals surface area contributed by atoms with Gasteiger partial charge in [-0.1, -0.05) is 62.4 Å². The number of aliphatic carboxylic acids is 1. The van der Waals surface area contributed by atoms with Crippen molar-refractivity contribution in [3.05, 3.63) is 59.7 Å². The van der Waals surface area contributed by atoms with Crippen molar-refractivity contribution >= 4 is 18.0 Å². The molecule has 2 N–H and O–H groups in total. The first-order valence-corrected chi connectivity index (χ1v) is 12.0. The Morgan fingerprint density at radius 2 is 1.68 bits per heavy atom. The van der Waals surface area contributed by atoms with Crippen molar-refractivity contribution in [3.63, 3.8) is 0 Å². The number of likely N-dealkylation sites (tertiary alicyclic amines) is 1. The van der Waals surface area contributed by atoms with E-state index in [1.165, 1.54) is 0 Å². The molecule has 2 amide bonds. The van der Waals surface area contributed by atoms with E-state index >= 15 is 0 Å². The Balaban J connectivity index is 1.43. The van der Waals surface area contributed by atoms with Gasteiger partial charge in [0.2, 0.25) is 5.91 Å². The average Bonchev–Trinajstić information content (AvgIpc) is 3.38. The fourth-order valence-corrected chi connectivity index (χ4v) is 5.22. The summed E-state index contributed by atoms with van der Waals surface area (Å²) in [6.45, 7) is 4.66. The molecule has 2 aliphatic rings. The molecule has 2 unspecified atom stereocenters. The van der Waals surface area contributed by atoms with Crippen molar-refractivity contribution in [1.82, 2.24) is 10.2 Å². The lowest BCUT2D eigenvalue weighted by Crippen LogP contribution is -2.51. The van der Waals surface area contributed by atoms with Crippen LogP contribution in [-0.2, 0) is 14.3 Å². The number of carbonyl (C=O) groups is 3. The topological polar surface area (TPSA) is 95.9 Å². The van der Waals surface area contributed by atoms with Gasteiger partial charge in [-0.15, -0.1) is 0 Å². The predicted octanol–water partition coefficient (Wildman–Crippen LogP) is 4.41. The molecule has 1 saturated heterocycles. The predicted molar refractivity (Wildman–Crippen MR) is 128 cm³/mol. The standard InChI is InChI=1S/C27H32N2O5/c1-17(2)14-24(26(32)29-13-7-8-18(29)15-25(30)31)28-27(33)34-16-23-21-11-5-3-9-19(21)20-10-4-6-12-22(20)23/h3-6,9-12,17-18,23-24H,7-8,13-16H2,1-2H3,(H,28,33)(H,30,31). The Kier molecular flexibility index (Phi) is 7.20. The van der Waals surface area contributed by atoms with E-state index in [-0.39, 0.29) is 36.8 Å². The molecule has 7 nitrogen and oxygen atoms in total. The molecule has 0 aromatic heterocycles. The minimum Gasteiger partial charge on any atom is -0.481 e. The Morgan fingerprint density at radius 1 is 1.06 bits per heavy atom. The second kappa shape index (κ2) is 10.3. The van der Waals surface area contributed by atoms with Crippen molar-refractivity contribution in [2.45, 2.75) is 57.5 Å². The first-order valence-electron chi connectivity index (χ1n) is 12.0. The first kappa shape index (κ1) is 23.8. The van der Waals surface area contributed by atoms with Crippen molar-refractivity contribution < 1.29 is 24.2 Å². The number of carboxylic acid groups (broad SMARTS) is 1. The van der Waals surface area contributed by atoms with Gasteiger partial charge in [0.25, 0.3) is 0 Å². The number of carbonyl (C=O) groups excluding carboxylic acids is 2. The smallest absolute Gasteiger partial charge is 0.407 e. The molecule has 4 rings (SSSR count). The van der Waals surface area contributed by atoms with Crippen LogP contribution in [0.5, 0.6) is 0 Å². The molecule has 1 fully saturated rings. The summed E-state index contributed by atoms with van der Waals surface area (Å²) < 4.78 is 5.64. The highest BCUT2D eigenvalue weighted by atomic mass is 16.5. The Morgan fingerprint density at radius 3 is 2.26 bits per heavy atom. The zero-order valence-corrected chi connectivity index (χ0v) is 19.7. The summed E-state index contributed by atoms with van der Waals surface area (Å²) in [5.74, 6) is -1.04. The summed E-state index contributed by atoms with van der Waals surface area (Å²) in [4.78, 5) is 38.9. The number of carboxylic acids is 1. The second-order valence-electron chi connectivity index (χ2n) is 9.58. The van der Waals surface area contributed by atoms with E-state index in [4.69, 9.17) is 4.74 Å². The molecule has 2 atom stereocenters. The highest BCUT2D eigenvalue weighted by molar-refractivity contribution is 5.86. The molecule has 0 saturated carbocycles. The molecular formula is C27H32N2O5. The molecule has 1 heterocycles. The van der Waals surface area contributed by atoms with Gasteiger partial charge < -0.3 is 20.1 Å². The molecule has 0 radical (unpaired) electrons. The molecule has 7 heteroatoms. The van der Waals surface area contributed by atoms with Gasteiger partial charge in [0.15, 0.2) is 0 Å². The lowest BCUT2D eigenvalue weighted by Gasteiger charge is -2.29. The van der Waals surface area contributed by atoms with Gasteiger partial charge >= 0.3 is 12.1 Å². The van der Waals surface area contributed by atoms with E-state index < -0.39 is 18.1 Å². The zero-order valence-electron chi connectivity index (χ0n) is 19.7. The van der Waals surface area contributed by atoms with Crippen molar-refractivity contribution in [2.75, 3.05) is 13.2 Å². The molecule has 0 spiro atoms. The van der Waals surface area contributed by atoms with E-state index in [2.05, 4.69) is 29.6 Å². The van der Waals surface area contributed by atoms with Crippen molar-refractivity contribution in [2.24, 2.45) is 5.92 Å². The maximum absolute atomic E-state index is 13.3. The molecule has 180 valence electrons. The second-order valence-corrected chi connectivity index (χ2v) is 9.58. The number of ether oxygens (including phenoxy) is 1. The zero-order chi connectivity index (χ0) is 24.2. The van der Waals surface area contributed by atoms with Crippen molar-refractivity contribution in [1.29, 1.82) is 0 Å². The fourth-order valence-electron chi connectivity index (χ4n) is 5.22. The van der Waals surface area contributed by atoms with E-state index in [1.807, 2.05) is 38.1 Å². The van der Waals surface area contributed by atoms with Gasteiger partial charge in [0.05, 0.1) is 6.42 Å². The Bertz CT molecular complexity index is 1020. The third kappa shape index (κ3) is 5.08. The lowest BCUT2D eigenvalue weighted by molar-refractivity contribution is -0.140. The third-order valence-electron chi connectivity index (χ3n) is 6.71. The van der Waals surface area contributed by atoms with Crippen LogP contribution in [0.25, 0.3) is 11.1 Å². The first-order chi connectivity index (χ1) is 16.3. The Labute approximate surface area is 200 Å². The maximum Gasteiger partial charge on any atom is 0.407 e. The van der Waals surface area contributed by atoms with E-state index in [1.54, 1.807) is 4.90 Å². The highest BCUT2D eigenvalue weighted by Gasteiger charge is 2.36. The third-order valence-corrected chi connectivity index (χ3v) is 6.71. The number of hydrogen-bond acceptors (Lipinski definition) is 4. The van der Waals surface area contributed by atoms with E-state index in [0.717, 1.165) is 28.7 Å². The van der Waals surface area contributed by atoms with Crippen LogP contribution in [-0.4, -0.2) is 53.2 Å². The largest absolute Gasteiger partial charge is 0.481 e. The minimum atomic E-state index is -0.922. The summed E-state index contributed by atoms with van der Waals surface area (Å²) >= 11 is 0. The van der Waals surface area contributed by atoms with Crippen LogP contribution in [0.3, 0.4) is 0 Å². The van der Waals surface area contributed by atoms with Gasteiger partial charge in [-0.05, 0) is 47.4 Å². The van der Waals surface area contributed by atoms with Crippen molar-refractivity contribution in [3.8, 4) is 11.1 Å². The number of alkyl carbamates (subject to hydrolysis) is 1. The van der Waals surface area contributed by atoms with Crippen LogP contribution >= 0.6 is 0 Å². The number of hydrogen-bond donors (Lipinski definition) is 2. The Hall–Kier alpha value is -3.35. The SMILES string of the molecule is CC(C)CC(NC(=O)OCC1c2ccccc2-c2ccccc21)C(=O)N1CCCC1CC(=O)O. The van der Waals surface area contributed by atoms with Crippen LogP contribution in [0.1, 0.15) is 56.6 Å². The maximum atomic E-state index is 13.3. The fraction of sp³-hybridized carbons (Fsp3) is 0.444. The van der Waals surface area contributed by atoms with Gasteiger partial charge in [0, 0.05) is 18.5 Å². The summed E-state index contributed by atoms with van der Waals surface area (Å²) in [6, 6.07) is 15.2. The van der Waals surface area contributed by atoms with Gasteiger partial charge in [-0.2, -0.15) is 0 Å². The van der Waals surface area contributed by atoms with Gasteiger partial charge in [-0.3, -0.25) is 9.59 Å². The molecule has 0 bridgehead atoms. The van der Waals surface area contributed by atoms with E-state index in [9.17, 15) is 19.5 Å². The molecule has 1 aliphatic heterocycles. The number of nitrogens with zero attached hydrogens (tertiary/aromatic N) is 1. The molecule has 2 aromatic rings. The lowest BCUT2D eigenvalue weighted by atomic mass is 9.98. The van der Waals surface area contributed by atoms with Gasteiger partial charge in [0.1, 0.15) is 12.6 Å². The van der Waals surface area contributed by atoms with Gasteiger partial charge in [-0.25, -0.2) is 4.79 Å². The summed E-state index contributed by atoms with van der Waals surface area (Å²) in [6.07, 6.45) is 1.18. The number of amides is 2. The summed E-state index contributed by atoms with van der Waals surface area (Å²) in [7, 11) is 0. The molecular weight excluding hydrogens is 432 g/mol. The number of nitrogens with one attached hydrogen (secondary N) is 1. The van der Waals surface area contributed by atoms with E-state index in [0.29, 0.717) is 19.4 Å².